The standard InChI is InChI=1S/C12H23NO2/c1-4-11(3)13(5-2)8-12(9-14)6-7-15-10-12/h9,11H,4-8,10H2,1-3H3. The van der Waals surface area contributed by atoms with Crippen LogP contribution in [0, 0.1) is 5.41 Å². The second-order valence-electron chi connectivity index (χ2n) is 4.60. The van der Waals surface area contributed by atoms with Crippen LogP contribution in [0.2, 0.25) is 0 Å². The number of carbonyl (C=O) groups is 1. The molecule has 3 heteroatoms. The highest BCUT2D eigenvalue weighted by atomic mass is 16.5. The summed E-state index contributed by atoms with van der Waals surface area (Å²) < 4.78 is 5.35. The van der Waals surface area contributed by atoms with Gasteiger partial charge in [0, 0.05) is 19.2 Å². The zero-order chi connectivity index (χ0) is 11.3. The van der Waals surface area contributed by atoms with Crippen LogP contribution in [0.3, 0.4) is 0 Å². The van der Waals surface area contributed by atoms with Crippen LogP contribution in [-0.2, 0) is 9.53 Å². The molecule has 3 nitrogen and oxygen atoms in total. The molecule has 1 rings (SSSR count). The van der Waals surface area contributed by atoms with E-state index >= 15 is 0 Å². The number of aldehydes is 1. The number of ether oxygens (including phenoxy) is 1. The molecule has 2 atom stereocenters. The minimum absolute atomic E-state index is 0.237. The molecule has 0 bridgehead atoms. The molecule has 1 aliphatic rings. The van der Waals surface area contributed by atoms with Crippen molar-refractivity contribution in [3.05, 3.63) is 0 Å². The normalized spacial score (nSPS) is 28.3. The molecule has 1 saturated heterocycles. The number of nitrogens with zero attached hydrogens (tertiary/aromatic N) is 1. The Labute approximate surface area is 92.8 Å². The van der Waals surface area contributed by atoms with Gasteiger partial charge >= 0.3 is 0 Å². The summed E-state index contributed by atoms with van der Waals surface area (Å²) >= 11 is 0. The van der Waals surface area contributed by atoms with E-state index in [9.17, 15) is 4.79 Å². The topological polar surface area (TPSA) is 29.5 Å². The Bertz CT molecular complexity index is 200. The predicted molar refractivity (Wildman–Crippen MR) is 60.9 cm³/mol. The maximum atomic E-state index is 11.2. The fourth-order valence-electron chi connectivity index (χ4n) is 2.12. The Hall–Kier alpha value is -0.410. The fraction of sp³-hybridized carbons (Fsp3) is 0.917. The summed E-state index contributed by atoms with van der Waals surface area (Å²) in [5, 5.41) is 0. The van der Waals surface area contributed by atoms with Gasteiger partial charge in [-0.25, -0.2) is 0 Å². The van der Waals surface area contributed by atoms with E-state index < -0.39 is 0 Å². The molecule has 0 spiro atoms. The van der Waals surface area contributed by atoms with Gasteiger partial charge in [0.05, 0.1) is 12.0 Å². The first-order chi connectivity index (χ1) is 7.17. The zero-order valence-electron chi connectivity index (χ0n) is 10.2. The van der Waals surface area contributed by atoms with Crippen LogP contribution < -0.4 is 0 Å². The lowest BCUT2D eigenvalue weighted by molar-refractivity contribution is -0.117. The summed E-state index contributed by atoms with van der Waals surface area (Å²) in [6.07, 6.45) is 3.11. The van der Waals surface area contributed by atoms with Crippen molar-refractivity contribution in [3.8, 4) is 0 Å². The van der Waals surface area contributed by atoms with Crippen molar-refractivity contribution in [1.82, 2.24) is 4.90 Å². The van der Waals surface area contributed by atoms with Gasteiger partial charge in [-0.1, -0.05) is 13.8 Å². The van der Waals surface area contributed by atoms with Crippen molar-refractivity contribution in [2.75, 3.05) is 26.3 Å². The monoisotopic (exact) mass is 213 g/mol. The van der Waals surface area contributed by atoms with E-state index in [2.05, 4.69) is 25.7 Å². The highest BCUT2D eigenvalue weighted by Crippen LogP contribution is 2.28. The molecule has 0 aromatic carbocycles. The third-order valence-electron chi connectivity index (χ3n) is 3.52. The lowest BCUT2D eigenvalue weighted by Crippen LogP contribution is -2.43. The highest BCUT2D eigenvalue weighted by Gasteiger charge is 2.36. The maximum absolute atomic E-state index is 11.2. The van der Waals surface area contributed by atoms with Crippen molar-refractivity contribution < 1.29 is 9.53 Å². The molecule has 0 aromatic rings. The molecule has 0 aromatic heterocycles. The molecular formula is C12H23NO2. The van der Waals surface area contributed by atoms with Gasteiger partial charge in [-0.3, -0.25) is 4.90 Å². The number of rotatable bonds is 6. The molecule has 15 heavy (non-hydrogen) atoms. The molecule has 0 aliphatic carbocycles. The molecule has 0 N–H and O–H groups in total. The molecular weight excluding hydrogens is 190 g/mol. The first kappa shape index (κ1) is 12.7. The van der Waals surface area contributed by atoms with Gasteiger partial charge in [-0.15, -0.1) is 0 Å². The summed E-state index contributed by atoms with van der Waals surface area (Å²) in [7, 11) is 0. The van der Waals surface area contributed by atoms with Crippen LogP contribution in [0.1, 0.15) is 33.6 Å². The van der Waals surface area contributed by atoms with E-state index in [1.807, 2.05) is 0 Å². The summed E-state index contributed by atoms with van der Waals surface area (Å²) in [6, 6.07) is 0.549. The Morgan fingerprint density at radius 2 is 2.27 bits per heavy atom. The molecule has 1 heterocycles. The van der Waals surface area contributed by atoms with Crippen LogP contribution in [-0.4, -0.2) is 43.5 Å². The predicted octanol–water partition coefficient (Wildman–Crippen LogP) is 1.71. The quantitative estimate of drug-likeness (QED) is 0.629. The van der Waals surface area contributed by atoms with Crippen LogP contribution in [0.15, 0.2) is 0 Å². The highest BCUT2D eigenvalue weighted by molar-refractivity contribution is 5.60. The average molecular weight is 213 g/mol. The van der Waals surface area contributed by atoms with E-state index in [0.29, 0.717) is 12.6 Å². The van der Waals surface area contributed by atoms with Gasteiger partial charge in [0.1, 0.15) is 6.29 Å². The average Bonchev–Trinajstić information content (AvgIpc) is 2.74. The van der Waals surface area contributed by atoms with Gasteiger partial charge in [0.2, 0.25) is 0 Å². The van der Waals surface area contributed by atoms with Gasteiger partial charge in [0.15, 0.2) is 0 Å². The largest absolute Gasteiger partial charge is 0.380 e. The lowest BCUT2D eigenvalue weighted by atomic mass is 9.88. The molecule has 1 aliphatic heterocycles. The van der Waals surface area contributed by atoms with Gasteiger partial charge in [-0.05, 0) is 26.3 Å². The van der Waals surface area contributed by atoms with Crippen LogP contribution >= 0.6 is 0 Å². The Morgan fingerprint density at radius 3 is 2.67 bits per heavy atom. The van der Waals surface area contributed by atoms with Crippen molar-refractivity contribution in [1.29, 1.82) is 0 Å². The minimum Gasteiger partial charge on any atom is -0.380 e. The van der Waals surface area contributed by atoms with Gasteiger partial charge < -0.3 is 9.53 Å². The number of hydrogen-bond donors (Lipinski definition) is 0. The molecule has 1 fully saturated rings. The molecule has 0 radical (unpaired) electrons. The zero-order valence-corrected chi connectivity index (χ0v) is 10.2. The van der Waals surface area contributed by atoms with Crippen LogP contribution in [0.25, 0.3) is 0 Å². The van der Waals surface area contributed by atoms with Crippen LogP contribution in [0.5, 0.6) is 0 Å². The molecule has 0 saturated carbocycles. The smallest absolute Gasteiger partial charge is 0.129 e. The summed E-state index contributed by atoms with van der Waals surface area (Å²) in [5.41, 5.74) is -0.237. The van der Waals surface area contributed by atoms with Crippen molar-refractivity contribution in [2.45, 2.75) is 39.7 Å². The summed E-state index contributed by atoms with van der Waals surface area (Å²) in [5.74, 6) is 0. The molecule has 2 unspecified atom stereocenters. The first-order valence-corrected chi connectivity index (χ1v) is 5.95. The number of carbonyl (C=O) groups excluding carboxylic acids is 1. The van der Waals surface area contributed by atoms with E-state index in [1.54, 1.807) is 0 Å². The van der Waals surface area contributed by atoms with Crippen LogP contribution in [0.4, 0.5) is 0 Å². The third kappa shape index (κ3) is 3.02. The van der Waals surface area contributed by atoms with Crippen molar-refractivity contribution in [2.24, 2.45) is 5.41 Å². The van der Waals surface area contributed by atoms with E-state index in [-0.39, 0.29) is 5.41 Å². The summed E-state index contributed by atoms with van der Waals surface area (Å²) in [6.45, 7) is 9.75. The first-order valence-electron chi connectivity index (χ1n) is 5.95. The second kappa shape index (κ2) is 5.61. The van der Waals surface area contributed by atoms with E-state index in [0.717, 1.165) is 38.8 Å². The number of hydrogen-bond acceptors (Lipinski definition) is 3. The Balaban J connectivity index is 2.59. The lowest BCUT2D eigenvalue weighted by Gasteiger charge is -2.33. The minimum atomic E-state index is -0.237. The van der Waals surface area contributed by atoms with Crippen molar-refractivity contribution in [3.63, 3.8) is 0 Å². The van der Waals surface area contributed by atoms with E-state index in [1.165, 1.54) is 0 Å². The van der Waals surface area contributed by atoms with E-state index in [4.69, 9.17) is 4.74 Å². The second-order valence-corrected chi connectivity index (χ2v) is 4.60. The SMILES string of the molecule is CCC(C)N(CC)CC1(C=O)CCOC1. The molecule has 0 amide bonds. The molecule has 88 valence electrons. The fourth-order valence-corrected chi connectivity index (χ4v) is 2.12. The Kier molecular flexibility index (Phi) is 4.74. The third-order valence-corrected chi connectivity index (χ3v) is 3.52. The van der Waals surface area contributed by atoms with Gasteiger partial charge in [-0.2, -0.15) is 0 Å². The van der Waals surface area contributed by atoms with Crippen molar-refractivity contribution >= 4 is 6.29 Å². The summed E-state index contributed by atoms with van der Waals surface area (Å²) in [4.78, 5) is 13.6. The Morgan fingerprint density at radius 1 is 1.53 bits per heavy atom. The maximum Gasteiger partial charge on any atom is 0.129 e. The van der Waals surface area contributed by atoms with Gasteiger partial charge in [0.25, 0.3) is 0 Å².